The summed E-state index contributed by atoms with van der Waals surface area (Å²) in [5, 5.41) is 17.4. The van der Waals surface area contributed by atoms with Crippen LogP contribution < -0.4 is 4.74 Å². The van der Waals surface area contributed by atoms with E-state index in [0.717, 1.165) is 18.8 Å². The van der Waals surface area contributed by atoms with E-state index in [0.29, 0.717) is 24.6 Å². The molecule has 19 heavy (non-hydrogen) atoms. The van der Waals surface area contributed by atoms with Crippen molar-refractivity contribution in [3.63, 3.8) is 0 Å². The first-order valence-corrected chi connectivity index (χ1v) is 6.57. The second-order valence-corrected chi connectivity index (χ2v) is 4.66. The summed E-state index contributed by atoms with van der Waals surface area (Å²) in [7, 11) is 0. The highest BCUT2D eigenvalue weighted by Crippen LogP contribution is 2.26. The molecular weight excluding hydrogens is 238 g/mol. The second-order valence-electron chi connectivity index (χ2n) is 4.66. The molecule has 1 aliphatic carbocycles. The minimum absolute atomic E-state index is 0.570. The molecule has 0 bridgehead atoms. The molecule has 0 amide bonds. The zero-order valence-electron chi connectivity index (χ0n) is 10.9. The van der Waals surface area contributed by atoms with Crippen molar-refractivity contribution in [3.8, 4) is 17.9 Å². The molecule has 0 spiro atoms. The molecule has 1 aromatic carbocycles. The van der Waals surface area contributed by atoms with Gasteiger partial charge in [0.15, 0.2) is 0 Å². The Labute approximate surface area is 113 Å². The van der Waals surface area contributed by atoms with Gasteiger partial charge in [0, 0.05) is 25.6 Å². The molecule has 98 valence electrons. The topological polar surface area (TPSA) is 60.1 Å². The van der Waals surface area contributed by atoms with Crippen LogP contribution in [0.4, 0.5) is 0 Å². The molecule has 4 nitrogen and oxygen atoms in total. The number of rotatable bonds is 7. The van der Waals surface area contributed by atoms with Gasteiger partial charge in [-0.2, -0.15) is 10.5 Å². The summed E-state index contributed by atoms with van der Waals surface area (Å²) in [6.07, 6.45) is 3.03. The molecule has 0 radical (unpaired) electrons. The molecule has 0 aromatic heterocycles. The van der Waals surface area contributed by atoms with E-state index in [2.05, 4.69) is 17.0 Å². The third-order valence-corrected chi connectivity index (χ3v) is 3.18. The van der Waals surface area contributed by atoms with E-state index in [1.807, 2.05) is 12.1 Å². The Morgan fingerprint density at radius 1 is 1.26 bits per heavy atom. The van der Waals surface area contributed by atoms with Gasteiger partial charge in [0.1, 0.15) is 12.4 Å². The molecule has 0 saturated heterocycles. The van der Waals surface area contributed by atoms with Crippen LogP contribution in [-0.4, -0.2) is 30.6 Å². The van der Waals surface area contributed by atoms with Gasteiger partial charge in [-0.25, -0.2) is 0 Å². The van der Waals surface area contributed by atoms with Gasteiger partial charge in [-0.3, -0.25) is 4.90 Å². The second kappa shape index (κ2) is 6.78. The average Bonchev–Trinajstić information content (AvgIpc) is 3.27. The molecule has 4 heteroatoms. The molecule has 0 unspecified atom stereocenters. The minimum atomic E-state index is 0.570. The van der Waals surface area contributed by atoms with Crippen molar-refractivity contribution in [1.29, 1.82) is 10.5 Å². The Morgan fingerprint density at radius 2 is 2.11 bits per heavy atom. The fourth-order valence-electron chi connectivity index (χ4n) is 2.05. The van der Waals surface area contributed by atoms with Crippen LogP contribution in [0.25, 0.3) is 0 Å². The Bertz CT molecular complexity index is 497. The highest BCUT2D eigenvalue weighted by atomic mass is 16.5. The predicted octanol–water partition coefficient (Wildman–Crippen LogP) is 2.32. The van der Waals surface area contributed by atoms with E-state index >= 15 is 0 Å². The predicted molar refractivity (Wildman–Crippen MR) is 71.5 cm³/mol. The molecule has 2 rings (SSSR count). The first-order chi connectivity index (χ1) is 9.33. The zero-order valence-corrected chi connectivity index (χ0v) is 10.9. The van der Waals surface area contributed by atoms with E-state index < -0.39 is 0 Å². The number of benzene rings is 1. The fraction of sp³-hybridized carbons (Fsp3) is 0.467. The van der Waals surface area contributed by atoms with E-state index in [-0.39, 0.29) is 0 Å². The van der Waals surface area contributed by atoms with Gasteiger partial charge in [0.2, 0.25) is 0 Å². The summed E-state index contributed by atoms with van der Waals surface area (Å²) >= 11 is 0. The molecule has 1 fully saturated rings. The number of hydrogen-bond donors (Lipinski definition) is 0. The molecule has 1 aromatic rings. The van der Waals surface area contributed by atoms with Gasteiger partial charge in [0.25, 0.3) is 0 Å². The van der Waals surface area contributed by atoms with Crippen LogP contribution >= 0.6 is 0 Å². The lowest BCUT2D eigenvalue weighted by Crippen LogP contribution is -2.31. The van der Waals surface area contributed by atoms with Gasteiger partial charge in [0.05, 0.1) is 17.7 Å². The molecule has 1 saturated carbocycles. The summed E-state index contributed by atoms with van der Waals surface area (Å²) in [5.41, 5.74) is 0.612. The van der Waals surface area contributed by atoms with Crippen molar-refractivity contribution in [2.45, 2.75) is 25.3 Å². The van der Waals surface area contributed by atoms with Crippen molar-refractivity contribution >= 4 is 0 Å². The summed E-state index contributed by atoms with van der Waals surface area (Å²) < 4.78 is 5.66. The maximum absolute atomic E-state index is 8.81. The van der Waals surface area contributed by atoms with Crippen molar-refractivity contribution in [1.82, 2.24) is 4.90 Å². The van der Waals surface area contributed by atoms with Gasteiger partial charge >= 0.3 is 0 Å². The SMILES string of the molecule is N#CCCN(CCOc1cccc(C#N)c1)C1CC1. The molecule has 0 aliphatic heterocycles. The van der Waals surface area contributed by atoms with Crippen LogP contribution in [0.5, 0.6) is 5.75 Å². The van der Waals surface area contributed by atoms with Gasteiger partial charge in [-0.15, -0.1) is 0 Å². The lowest BCUT2D eigenvalue weighted by atomic mass is 10.2. The molecule has 0 atom stereocenters. The van der Waals surface area contributed by atoms with E-state index in [4.69, 9.17) is 15.3 Å². The highest BCUT2D eigenvalue weighted by Gasteiger charge is 2.28. The molecular formula is C15H17N3O. The van der Waals surface area contributed by atoms with E-state index in [1.54, 1.807) is 12.1 Å². The third kappa shape index (κ3) is 4.28. The number of nitriles is 2. The van der Waals surface area contributed by atoms with Crippen molar-refractivity contribution < 1.29 is 4.74 Å². The van der Waals surface area contributed by atoms with Crippen LogP contribution in [0.1, 0.15) is 24.8 Å². The number of nitrogens with zero attached hydrogens (tertiary/aromatic N) is 3. The van der Waals surface area contributed by atoms with Crippen LogP contribution in [0.3, 0.4) is 0 Å². The largest absolute Gasteiger partial charge is 0.492 e. The minimum Gasteiger partial charge on any atom is -0.492 e. The highest BCUT2D eigenvalue weighted by molar-refractivity contribution is 5.36. The van der Waals surface area contributed by atoms with Crippen LogP contribution in [0.2, 0.25) is 0 Å². The number of ether oxygens (including phenoxy) is 1. The van der Waals surface area contributed by atoms with Gasteiger partial charge in [-0.05, 0) is 31.0 Å². The zero-order chi connectivity index (χ0) is 13.5. The first kappa shape index (κ1) is 13.4. The lowest BCUT2D eigenvalue weighted by molar-refractivity contribution is 0.204. The normalized spacial score (nSPS) is 13.8. The summed E-state index contributed by atoms with van der Waals surface area (Å²) in [5.74, 6) is 0.732. The third-order valence-electron chi connectivity index (χ3n) is 3.18. The Kier molecular flexibility index (Phi) is 4.78. The van der Waals surface area contributed by atoms with Crippen molar-refractivity contribution in [2.24, 2.45) is 0 Å². The molecule has 1 aliphatic rings. The van der Waals surface area contributed by atoms with Gasteiger partial charge in [-0.1, -0.05) is 6.07 Å². The maximum atomic E-state index is 8.81. The van der Waals surface area contributed by atoms with Crippen LogP contribution in [-0.2, 0) is 0 Å². The average molecular weight is 255 g/mol. The van der Waals surface area contributed by atoms with Crippen molar-refractivity contribution in [3.05, 3.63) is 29.8 Å². The Morgan fingerprint density at radius 3 is 2.79 bits per heavy atom. The van der Waals surface area contributed by atoms with E-state index in [1.165, 1.54) is 12.8 Å². The Hall–Kier alpha value is -2.04. The Balaban J connectivity index is 1.78. The van der Waals surface area contributed by atoms with Crippen LogP contribution in [0, 0.1) is 22.7 Å². The smallest absolute Gasteiger partial charge is 0.120 e. The van der Waals surface area contributed by atoms with E-state index in [9.17, 15) is 0 Å². The number of hydrogen-bond acceptors (Lipinski definition) is 4. The van der Waals surface area contributed by atoms with Crippen LogP contribution in [0.15, 0.2) is 24.3 Å². The lowest BCUT2D eigenvalue weighted by Gasteiger charge is -2.20. The first-order valence-electron chi connectivity index (χ1n) is 6.57. The molecule has 0 heterocycles. The maximum Gasteiger partial charge on any atom is 0.120 e. The van der Waals surface area contributed by atoms with Gasteiger partial charge < -0.3 is 4.74 Å². The monoisotopic (exact) mass is 255 g/mol. The summed E-state index contributed by atoms with van der Waals surface area (Å²) in [6, 6.07) is 12.1. The summed E-state index contributed by atoms with van der Waals surface area (Å²) in [6.45, 7) is 2.25. The molecule has 0 N–H and O–H groups in total. The standard InChI is InChI=1S/C15H17N3O/c16-7-2-8-18(14-5-6-14)9-10-19-15-4-1-3-13(11-15)12-17/h1,3-4,11,14H,2,5-6,8-10H2. The van der Waals surface area contributed by atoms with Crippen molar-refractivity contribution in [2.75, 3.05) is 19.7 Å². The fourth-order valence-corrected chi connectivity index (χ4v) is 2.05. The quantitative estimate of drug-likeness (QED) is 0.750. The summed E-state index contributed by atoms with van der Waals surface area (Å²) in [4.78, 5) is 2.32.